The van der Waals surface area contributed by atoms with Gasteiger partial charge in [0, 0.05) is 12.8 Å². The summed E-state index contributed by atoms with van der Waals surface area (Å²) in [6, 6.07) is 0. The summed E-state index contributed by atoms with van der Waals surface area (Å²) in [5.41, 5.74) is 5.93. The third-order valence-corrected chi connectivity index (χ3v) is 4.18. The van der Waals surface area contributed by atoms with Crippen LogP contribution in [0.4, 0.5) is 0 Å². The molecule has 0 spiro atoms. The van der Waals surface area contributed by atoms with Gasteiger partial charge < -0.3 is 5.73 Å². The first-order chi connectivity index (χ1) is 8.35. The first-order valence-corrected chi connectivity index (χ1v) is 7.56. The van der Waals surface area contributed by atoms with E-state index in [-0.39, 0.29) is 5.41 Å². The van der Waals surface area contributed by atoms with Crippen molar-refractivity contribution in [3.8, 4) is 0 Å². The Bertz CT molecular complexity index is 226. The third kappa shape index (κ3) is 7.15. The van der Waals surface area contributed by atoms with Gasteiger partial charge in [-0.05, 0) is 36.6 Å². The quantitative estimate of drug-likeness (QED) is 0.672. The summed E-state index contributed by atoms with van der Waals surface area (Å²) in [5.74, 6) is 1.59. The standard InChI is InChI=1S/C16H33NO/c1-6-13(7-2)12-15(18)9-8-14(10-11-17)16(3,4)5/h13-14H,6-12,17H2,1-5H3. The van der Waals surface area contributed by atoms with E-state index >= 15 is 0 Å². The maximum atomic E-state index is 12.0. The highest BCUT2D eigenvalue weighted by Crippen LogP contribution is 2.32. The molecule has 0 radical (unpaired) electrons. The maximum absolute atomic E-state index is 12.0. The van der Waals surface area contributed by atoms with Crippen LogP contribution in [0.2, 0.25) is 0 Å². The van der Waals surface area contributed by atoms with Crippen LogP contribution in [0.1, 0.15) is 73.1 Å². The number of Topliss-reactive ketones (excluding diaryl/α,β-unsaturated/α-hetero) is 1. The smallest absolute Gasteiger partial charge is 0.133 e. The van der Waals surface area contributed by atoms with Crippen LogP contribution in [-0.4, -0.2) is 12.3 Å². The molecular formula is C16H33NO. The molecule has 0 saturated heterocycles. The van der Waals surface area contributed by atoms with Gasteiger partial charge in [0.2, 0.25) is 0 Å². The lowest BCUT2D eigenvalue weighted by Crippen LogP contribution is -2.24. The molecule has 0 aliphatic rings. The minimum atomic E-state index is 0.258. The van der Waals surface area contributed by atoms with E-state index < -0.39 is 0 Å². The largest absolute Gasteiger partial charge is 0.330 e. The zero-order valence-corrected chi connectivity index (χ0v) is 13.1. The number of carbonyl (C=O) groups is 1. The van der Waals surface area contributed by atoms with Crippen molar-refractivity contribution in [2.75, 3.05) is 6.54 Å². The molecule has 2 N–H and O–H groups in total. The topological polar surface area (TPSA) is 43.1 Å². The van der Waals surface area contributed by atoms with E-state index in [0.717, 1.165) is 45.1 Å². The number of hydrogen-bond acceptors (Lipinski definition) is 2. The van der Waals surface area contributed by atoms with Crippen LogP contribution in [0.5, 0.6) is 0 Å². The second-order valence-corrected chi connectivity index (χ2v) is 6.60. The Morgan fingerprint density at radius 2 is 1.67 bits per heavy atom. The summed E-state index contributed by atoms with van der Waals surface area (Å²) in [4.78, 5) is 12.0. The Morgan fingerprint density at radius 1 is 1.11 bits per heavy atom. The molecule has 2 heteroatoms. The lowest BCUT2D eigenvalue weighted by Gasteiger charge is -2.30. The van der Waals surface area contributed by atoms with E-state index in [0.29, 0.717) is 17.6 Å². The zero-order valence-electron chi connectivity index (χ0n) is 13.1. The molecule has 0 rings (SSSR count). The molecular weight excluding hydrogens is 222 g/mol. The van der Waals surface area contributed by atoms with Crippen LogP contribution in [0.15, 0.2) is 0 Å². The van der Waals surface area contributed by atoms with Crippen molar-refractivity contribution in [3.05, 3.63) is 0 Å². The molecule has 0 bridgehead atoms. The van der Waals surface area contributed by atoms with Gasteiger partial charge in [0.25, 0.3) is 0 Å². The lowest BCUT2D eigenvalue weighted by molar-refractivity contribution is -0.120. The first kappa shape index (κ1) is 17.6. The van der Waals surface area contributed by atoms with E-state index in [4.69, 9.17) is 5.73 Å². The van der Waals surface area contributed by atoms with Gasteiger partial charge in [0.05, 0.1) is 0 Å². The Kier molecular flexibility index (Phi) is 8.51. The molecule has 0 aliphatic heterocycles. The van der Waals surface area contributed by atoms with E-state index in [2.05, 4.69) is 34.6 Å². The van der Waals surface area contributed by atoms with Crippen LogP contribution < -0.4 is 5.73 Å². The van der Waals surface area contributed by atoms with Crippen LogP contribution in [0, 0.1) is 17.3 Å². The number of rotatable bonds is 9. The predicted octanol–water partition coefficient (Wildman–Crippen LogP) is 4.17. The fraction of sp³-hybridized carbons (Fsp3) is 0.938. The Balaban J connectivity index is 4.15. The second kappa shape index (κ2) is 8.68. The van der Waals surface area contributed by atoms with Crippen molar-refractivity contribution < 1.29 is 4.79 Å². The summed E-state index contributed by atoms with van der Waals surface area (Å²) in [7, 11) is 0. The second-order valence-electron chi connectivity index (χ2n) is 6.60. The Hall–Kier alpha value is -0.370. The molecule has 0 aliphatic carbocycles. The van der Waals surface area contributed by atoms with Crippen molar-refractivity contribution in [3.63, 3.8) is 0 Å². The normalized spacial score (nSPS) is 13.9. The SMILES string of the molecule is CCC(CC)CC(=O)CCC(CCN)C(C)(C)C. The Morgan fingerprint density at radius 3 is 2.06 bits per heavy atom. The van der Waals surface area contributed by atoms with Gasteiger partial charge in [0.15, 0.2) is 0 Å². The minimum Gasteiger partial charge on any atom is -0.330 e. The average molecular weight is 255 g/mol. The van der Waals surface area contributed by atoms with Gasteiger partial charge >= 0.3 is 0 Å². The van der Waals surface area contributed by atoms with Gasteiger partial charge in [-0.3, -0.25) is 4.79 Å². The summed E-state index contributed by atoms with van der Waals surface area (Å²) in [5, 5.41) is 0. The van der Waals surface area contributed by atoms with Gasteiger partial charge in [-0.2, -0.15) is 0 Å². The van der Waals surface area contributed by atoms with Crippen LogP contribution >= 0.6 is 0 Å². The van der Waals surface area contributed by atoms with E-state index in [1.165, 1.54) is 0 Å². The van der Waals surface area contributed by atoms with Gasteiger partial charge in [-0.15, -0.1) is 0 Å². The van der Waals surface area contributed by atoms with E-state index in [1.54, 1.807) is 0 Å². The molecule has 1 atom stereocenters. The first-order valence-electron chi connectivity index (χ1n) is 7.56. The van der Waals surface area contributed by atoms with Crippen molar-refractivity contribution >= 4 is 5.78 Å². The summed E-state index contributed by atoms with van der Waals surface area (Å²) >= 11 is 0. The molecule has 0 aromatic carbocycles. The maximum Gasteiger partial charge on any atom is 0.133 e. The molecule has 0 saturated carbocycles. The highest BCUT2D eigenvalue weighted by Gasteiger charge is 2.24. The third-order valence-electron chi connectivity index (χ3n) is 4.18. The molecule has 0 amide bonds. The van der Waals surface area contributed by atoms with Crippen molar-refractivity contribution in [1.82, 2.24) is 0 Å². The van der Waals surface area contributed by atoms with Crippen molar-refractivity contribution in [2.45, 2.75) is 73.1 Å². The van der Waals surface area contributed by atoms with E-state index in [1.807, 2.05) is 0 Å². The molecule has 0 aromatic rings. The molecule has 2 nitrogen and oxygen atoms in total. The van der Waals surface area contributed by atoms with Gasteiger partial charge in [-0.1, -0.05) is 47.5 Å². The van der Waals surface area contributed by atoms with Crippen molar-refractivity contribution in [1.29, 1.82) is 0 Å². The van der Waals surface area contributed by atoms with Gasteiger partial charge in [-0.25, -0.2) is 0 Å². The summed E-state index contributed by atoms with van der Waals surface area (Å²) < 4.78 is 0. The van der Waals surface area contributed by atoms with E-state index in [9.17, 15) is 4.79 Å². The lowest BCUT2D eigenvalue weighted by atomic mass is 9.75. The monoisotopic (exact) mass is 255 g/mol. The fourth-order valence-corrected chi connectivity index (χ4v) is 2.55. The highest BCUT2D eigenvalue weighted by atomic mass is 16.1. The highest BCUT2D eigenvalue weighted by molar-refractivity contribution is 5.78. The van der Waals surface area contributed by atoms with Gasteiger partial charge in [0.1, 0.15) is 5.78 Å². The molecule has 108 valence electrons. The Labute approximate surface area is 114 Å². The number of ketones is 1. The number of carbonyl (C=O) groups excluding carboxylic acids is 1. The predicted molar refractivity (Wildman–Crippen MR) is 79.5 cm³/mol. The van der Waals surface area contributed by atoms with Crippen LogP contribution in [-0.2, 0) is 4.79 Å². The van der Waals surface area contributed by atoms with Crippen molar-refractivity contribution in [2.24, 2.45) is 23.0 Å². The zero-order chi connectivity index (χ0) is 14.2. The molecule has 18 heavy (non-hydrogen) atoms. The van der Waals surface area contributed by atoms with Crippen LogP contribution in [0.25, 0.3) is 0 Å². The molecule has 1 unspecified atom stereocenters. The average Bonchev–Trinajstić information content (AvgIpc) is 2.29. The minimum absolute atomic E-state index is 0.258. The molecule has 0 heterocycles. The fourth-order valence-electron chi connectivity index (χ4n) is 2.55. The molecule has 0 fully saturated rings. The summed E-state index contributed by atoms with van der Waals surface area (Å²) in [6.45, 7) is 11.8. The summed E-state index contributed by atoms with van der Waals surface area (Å²) in [6.07, 6.45) is 5.77. The number of hydrogen-bond donors (Lipinski definition) is 1. The number of nitrogens with two attached hydrogens (primary N) is 1. The molecule has 0 aromatic heterocycles. The van der Waals surface area contributed by atoms with Crippen LogP contribution in [0.3, 0.4) is 0 Å².